The minimum atomic E-state index is -0.621. The highest BCUT2D eigenvalue weighted by Crippen LogP contribution is 2.39. The van der Waals surface area contributed by atoms with Crippen molar-refractivity contribution >= 4 is 5.97 Å². The lowest BCUT2D eigenvalue weighted by molar-refractivity contribution is -0.138. The first-order valence-corrected chi connectivity index (χ1v) is 6.16. The lowest BCUT2D eigenvalue weighted by Crippen LogP contribution is -2.31. The Hall–Kier alpha value is -0.610. The molecule has 16 heavy (non-hydrogen) atoms. The molecule has 1 aliphatic heterocycles. The van der Waals surface area contributed by atoms with Gasteiger partial charge in [-0.15, -0.1) is 0 Å². The minimum absolute atomic E-state index is 0.0721. The summed E-state index contributed by atoms with van der Waals surface area (Å²) in [5.74, 6) is 0.435. The molecule has 2 unspecified atom stereocenters. The van der Waals surface area contributed by atoms with Crippen LogP contribution < -0.4 is 0 Å². The molecule has 1 heterocycles. The maximum atomic E-state index is 10.7. The van der Waals surface area contributed by atoms with Crippen molar-refractivity contribution < 1.29 is 14.6 Å². The van der Waals surface area contributed by atoms with Gasteiger partial charge in [0.15, 0.2) is 0 Å². The molecule has 0 radical (unpaired) electrons. The quantitative estimate of drug-likeness (QED) is 0.763. The zero-order valence-corrected chi connectivity index (χ0v) is 9.89. The van der Waals surface area contributed by atoms with Crippen LogP contribution in [0.5, 0.6) is 0 Å². The predicted molar refractivity (Wildman–Crippen MR) is 60.3 cm³/mol. The molecular weight excluding hydrogens is 206 g/mol. The monoisotopic (exact) mass is 227 g/mol. The minimum Gasteiger partial charge on any atom is -0.481 e. The number of carboxylic acids is 1. The van der Waals surface area contributed by atoms with E-state index in [0.29, 0.717) is 5.92 Å². The number of carboxylic acid groups (broad SMARTS) is 1. The summed E-state index contributed by atoms with van der Waals surface area (Å²) < 4.78 is 5.33. The van der Waals surface area contributed by atoms with E-state index in [9.17, 15) is 4.79 Å². The summed E-state index contributed by atoms with van der Waals surface area (Å²) in [6, 6.07) is 0. The van der Waals surface area contributed by atoms with E-state index in [-0.39, 0.29) is 5.92 Å². The second-order valence-electron chi connectivity index (χ2n) is 5.22. The molecule has 1 saturated carbocycles. The Morgan fingerprint density at radius 1 is 1.38 bits per heavy atom. The fourth-order valence-corrected chi connectivity index (χ4v) is 2.60. The van der Waals surface area contributed by atoms with Crippen LogP contribution in [0.2, 0.25) is 0 Å². The van der Waals surface area contributed by atoms with Gasteiger partial charge in [0, 0.05) is 26.3 Å². The number of aliphatic carboxylic acids is 1. The second-order valence-corrected chi connectivity index (χ2v) is 5.22. The average Bonchev–Trinajstić information content (AvgIpc) is 2.98. The number of hydrogen-bond donors (Lipinski definition) is 1. The van der Waals surface area contributed by atoms with E-state index in [1.54, 1.807) is 0 Å². The van der Waals surface area contributed by atoms with Crippen LogP contribution in [0.1, 0.15) is 19.3 Å². The fraction of sp³-hybridized carbons (Fsp3) is 0.917. The van der Waals surface area contributed by atoms with Crippen LogP contribution >= 0.6 is 0 Å². The number of rotatable bonds is 5. The van der Waals surface area contributed by atoms with Gasteiger partial charge in [-0.3, -0.25) is 4.79 Å². The number of ether oxygens (including phenoxy) is 1. The molecule has 92 valence electrons. The first-order chi connectivity index (χ1) is 7.66. The normalized spacial score (nSPS) is 30.6. The molecular formula is C12H21NO3. The van der Waals surface area contributed by atoms with E-state index in [1.165, 1.54) is 0 Å². The number of hydrogen-bond acceptors (Lipinski definition) is 3. The van der Waals surface area contributed by atoms with E-state index < -0.39 is 5.97 Å². The van der Waals surface area contributed by atoms with E-state index in [4.69, 9.17) is 9.84 Å². The summed E-state index contributed by atoms with van der Waals surface area (Å²) in [6.07, 6.45) is 3.17. The molecule has 2 atom stereocenters. The van der Waals surface area contributed by atoms with Crippen molar-refractivity contribution in [3.63, 3.8) is 0 Å². The average molecular weight is 227 g/mol. The van der Waals surface area contributed by atoms with Crippen molar-refractivity contribution in [3.05, 3.63) is 0 Å². The van der Waals surface area contributed by atoms with E-state index in [0.717, 1.165) is 51.5 Å². The highest BCUT2D eigenvalue weighted by atomic mass is 16.5. The summed E-state index contributed by atoms with van der Waals surface area (Å²) >= 11 is 0. The zero-order valence-electron chi connectivity index (χ0n) is 9.89. The Morgan fingerprint density at radius 2 is 2.06 bits per heavy atom. The molecule has 1 saturated heterocycles. The smallest absolute Gasteiger partial charge is 0.306 e. The molecule has 1 N–H and O–H groups in total. The molecule has 0 aromatic rings. The molecule has 4 nitrogen and oxygen atoms in total. The standard InChI is InChI=1S/C12H21NO3/c1-13(7-9-2-4-16-5-3-9)8-10-6-11(10)12(14)15/h9-11H,2-8H2,1H3,(H,14,15). The van der Waals surface area contributed by atoms with Gasteiger partial charge in [0.1, 0.15) is 0 Å². The van der Waals surface area contributed by atoms with Gasteiger partial charge in [-0.2, -0.15) is 0 Å². The third-order valence-corrected chi connectivity index (χ3v) is 3.70. The number of carbonyl (C=O) groups is 1. The molecule has 1 aliphatic carbocycles. The SMILES string of the molecule is CN(CC1CCOCC1)CC1CC1C(=O)O. The van der Waals surface area contributed by atoms with Gasteiger partial charge in [-0.1, -0.05) is 0 Å². The Bertz CT molecular complexity index is 251. The Labute approximate surface area is 96.6 Å². The second kappa shape index (κ2) is 5.15. The molecule has 0 aromatic heterocycles. The Morgan fingerprint density at radius 3 is 2.62 bits per heavy atom. The maximum absolute atomic E-state index is 10.7. The summed E-state index contributed by atoms with van der Waals surface area (Å²) in [7, 11) is 2.10. The van der Waals surface area contributed by atoms with Crippen LogP contribution in [0.3, 0.4) is 0 Å². The van der Waals surface area contributed by atoms with Crippen LogP contribution in [0.4, 0.5) is 0 Å². The largest absolute Gasteiger partial charge is 0.481 e. The van der Waals surface area contributed by atoms with Gasteiger partial charge in [0.2, 0.25) is 0 Å². The van der Waals surface area contributed by atoms with Crippen molar-refractivity contribution in [3.8, 4) is 0 Å². The molecule has 2 aliphatic rings. The maximum Gasteiger partial charge on any atom is 0.306 e. The molecule has 2 fully saturated rings. The summed E-state index contributed by atoms with van der Waals surface area (Å²) in [5.41, 5.74) is 0. The summed E-state index contributed by atoms with van der Waals surface area (Å²) in [5, 5.41) is 8.82. The summed E-state index contributed by atoms with van der Waals surface area (Å²) in [6.45, 7) is 3.81. The predicted octanol–water partition coefficient (Wildman–Crippen LogP) is 1.07. The van der Waals surface area contributed by atoms with E-state index in [2.05, 4.69) is 11.9 Å². The lowest BCUT2D eigenvalue weighted by atomic mass is 10.00. The third kappa shape index (κ3) is 3.19. The first-order valence-electron chi connectivity index (χ1n) is 6.16. The van der Waals surface area contributed by atoms with Gasteiger partial charge >= 0.3 is 5.97 Å². The fourth-order valence-electron chi connectivity index (χ4n) is 2.60. The molecule has 0 aromatic carbocycles. The molecule has 0 amide bonds. The van der Waals surface area contributed by atoms with Crippen molar-refractivity contribution in [1.29, 1.82) is 0 Å². The number of nitrogens with zero attached hydrogens (tertiary/aromatic N) is 1. The molecule has 2 rings (SSSR count). The van der Waals surface area contributed by atoms with Gasteiger partial charge in [-0.25, -0.2) is 0 Å². The van der Waals surface area contributed by atoms with Crippen LogP contribution in [0.15, 0.2) is 0 Å². The lowest BCUT2D eigenvalue weighted by Gasteiger charge is -2.27. The van der Waals surface area contributed by atoms with E-state index in [1.807, 2.05) is 0 Å². The first kappa shape index (κ1) is 11.9. The van der Waals surface area contributed by atoms with E-state index >= 15 is 0 Å². The van der Waals surface area contributed by atoms with Crippen LogP contribution in [-0.4, -0.2) is 49.3 Å². The highest BCUT2D eigenvalue weighted by molar-refractivity contribution is 5.73. The molecule has 4 heteroatoms. The van der Waals surface area contributed by atoms with Crippen molar-refractivity contribution in [2.24, 2.45) is 17.8 Å². The molecule has 0 spiro atoms. The van der Waals surface area contributed by atoms with Crippen LogP contribution in [0.25, 0.3) is 0 Å². The zero-order chi connectivity index (χ0) is 11.5. The van der Waals surface area contributed by atoms with Gasteiger partial charge in [-0.05, 0) is 38.1 Å². The van der Waals surface area contributed by atoms with Crippen molar-refractivity contribution in [2.75, 3.05) is 33.4 Å². The topological polar surface area (TPSA) is 49.8 Å². The van der Waals surface area contributed by atoms with Crippen LogP contribution in [-0.2, 0) is 9.53 Å². The van der Waals surface area contributed by atoms with Crippen molar-refractivity contribution in [1.82, 2.24) is 4.90 Å². The Kier molecular flexibility index (Phi) is 3.82. The molecule has 0 bridgehead atoms. The van der Waals surface area contributed by atoms with Gasteiger partial charge in [0.25, 0.3) is 0 Å². The highest BCUT2D eigenvalue weighted by Gasteiger charge is 2.43. The van der Waals surface area contributed by atoms with Gasteiger partial charge < -0.3 is 14.7 Å². The Balaban J connectivity index is 1.64. The van der Waals surface area contributed by atoms with Gasteiger partial charge in [0.05, 0.1) is 5.92 Å². The van der Waals surface area contributed by atoms with Crippen LogP contribution in [0, 0.1) is 17.8 Å². The third-order valence-electron chi connectivity index (χ3n) is 3.70. The summed E-state index contributed by atoms with van der Waals surface area (Å²) in [4.78, 5) is 13.0. The van der Waals surface area contributed by atoms with Crippen molar-refractivity contribution in [2.45, 2.75) is 19.3 Å².